The number of aliphatic hydroxyl groups excluding tert-OH is 1. The van der Waals surface area contributed by atoms with E-state index in [1.165, 1.54) is 0 Å². The normalized spacial score (nSPS) is 12.3. The number of benzene rings is 1. The number of hydrogen-bond donors (Lipinski definition) is 2. The minimum absolute atomic E-state index is 0.0235. The lowest BCUT2D eigenvalue weighted by Gasteiger charge is -2.08. The van der Waals surface area contributed by atoms with Gasteiger partial charge in [-0.2, -0.15) is 0 Å². The number of Topliss-reactive ketones (excluding diaryl/α,β-unsaturated/α-hetero) is 1. The van der Waals surface area contributed by atoms with Crippen LogP contribution in [-0.2, 0) is 6.42 Å². The van der Waals surface area contributed by atoms with Gasteiger partial charge < -0.3 is 10.1 Å². The fourth-order valence-electron chi connectivity index (χ4n) is 1.78. The molecule has 0 amide bonds. The zero-order valence-corrected chi connectivity index (χ0v) is 9.47. The smallest absolute Gasteiger partial charge is 0.165 e. The molecule has 0 aliphatic heterocycles. The zero-order valence-electron chi connectivity index (χ0n) is 9.47. The number of carbonyl (C=O) groups is 1. The first-order valence-corrected chi connectivity index (χ1v) is 5.64. The lowest BCUT2D eigenvalue weighted by atomic mass is 10.0. The molecule has 2 aromatic rings. The monoisotopic (exact) mass is 229 g/mol. The molecule has 1 aromatic heterocycles. The third kappa shape index (κ3) is 3.29. The molecule has 0 saturated carbocycles. The third-order valence-electron chi connectivity index (χ3n) is 2.63. The van der Waals surface area contributed by atoms with E-state index in [0.29, 0.717) is 12.0 Å². The first-order chi connectivity index (χ1) is 8.25. The predicted octanol–water partition coefficient (Wildman–Crippen LogP) is 2.19. The minimum Gasteiger partial charge on any atom is -0.392 e. The average molecular weight is 229 g/mol. The Morgan fingerprint density at radius 3 is 2.59 bits per heavy atom. The lowest BCUT2D eigenvalue weighted by molar-refractivity contribution is 0.0880. The number of carbonyl (C=O) groups excluding carboxylic acids is 1. The summed E-state index contributed by atoms with van der Waals surface area (Å²) in [6.07, 6.45) is 1.80. The van der Waals surface area contributed by atoms with Crippen LogP contribution >= 0.6 is 0 Å². The van der Waals surface area contributed by atoms with Crippen LogP contribution in [0.5, 0.6) is 0 Å². The van der Waals surface area contributed by atoms with Crippen molar-refractivity contribution in [2.45, 2.75) is 18.9 Å². The second-order valence-corrected chi connectivity index (χ2v) is 4.05. The maximum Gasteiger partial charge on any atom is 0.165 e. The Kier molecular flexibility index (Phi) is 3.73. The van der Waals surface area contributed by atoms with Crippen molar-refractivity contribution in [3.05, 3.63) is 59.9 Å². The van der Waals surface area contributed by atoms with Crippen molar-refractivity contribution in [1.29, 1.82) is 0 Å². The van der Waals surface area contributed by atoms with Crippen LogP contribution in [0.3, 0.4) is 0 Å². The lowest BCUT2D eigenvalue weighted by Crippen LogP contribution is -2.16. The molecule has 1 unspecified atom stereocenters. The first-order valence-electron chi connectivity index (χ1n) is 5.64. The Hall–Kier alpha value is -1.87. The van der Waals surface area contributed by atoms with Crippen LogP contribution in [0.25, 0.3) is 0 Å². The van der Waals surface area contributed by atoms with E-state index in [4.69, 9.17) is 0 Å². The van der Waals surface area contributed by atoms with Gasteiger partial charge in [-0.15, -0.1) is 0 Å². The number of H-pyrrole nitrogens is 1. The molecule has 0 bridgehead atoms. The third-order valence-corrected chi connectivity index (χ3v) is 2.63. The largest absolute Gasteiger partial charge is 0.392 e. The van der Waals surface area contributed by atoms with Crippen LogP contribution in [0.15, 0.2) is 48.7 Å². The van der Waals surface area contributed by atoms with Gasteiger partial charge in [0, 0.05) is 30.3 Å². The van der Waals surface area contributed by atoms with Crippen LogP contribution < -0.4 is 0 Å². The van der Waals surface area contributed by atoms with Gasteiger partial charge in [0.05, 0.1) is 6.10 Å². The topological polar surface area (TPSA) is 53.1 Å². The van der Waals surface area contributed by atoms with E-state index in [9.17, 15) is 9.90 Å². The molecule has 2 rings (SSSR count). The summed E-state index contributed by atoms with van der Waals surface area (Å²) >= 11 is 0. The molecule has 3 heteroatoms. The van der Waals surface area contributed by atoms with Gasteiger partial charge >= 0.3 is 0 Å². The minimum atomic E-state index is -0.638. The van der Waals surface area contributed by atoms with Gasteiger partial charge in [-0.25, -0.2) is 0 Å². The van der Waals surface area contributed by atoms with Crippen molar-refractivity contribution in [2.24, 2.45) is 0 Å². The van der Waals surface area contributed by atoms with Gasteiger partial charge in [0.25, 0.3) is 0 Å². The van der Waals surface area contributed by atoms with Crippen molar-refractivity contribution in [3.8, 4) is 0 Å². The summed E-state index contributed by atoms with van der Waals surface area (Å²) in [6, 6.07) is 12.8. The molecular formula is C14H15NO2. The van der Waals surface area contributed by atoms with Gasteiger partial charge in [-0.1, -0.05) is 30.3 Å². The van der Waals surface area contributed by atoms with Crippen molar-refractivity contribution in [2.75, 3.05) is 0 Å². The number of aromatic nitrogens is 1. The molecule has 2 N–H and O–H groups in total. The van der Waals surface area contributed by atoms with Crippen LogP contribution in [0.4, 0.5) is 0 Å². The standard InChI is InChI=1S/C14H15NO2/c16-13(9-12-7-4-8-15-12)10-14(17)11-5-2-1-3-6-11/h1-8,13,15-16H,9-10H2. The Balaban J connectivity index is 1.91. The number of ketones is 1. The molecule has 1 atom stereocenters. The fourth-order valence-corrected chi connectivity index (χ4v) is 1.78. The SMILES string of the molecule is O=C(CC(O)Cc1ccc[nH]1)c1ccccc1. The number of aromatic amines is 1. The summed E-state index contributed by atoms with van der Waals surface area (Å²) in [5.41, 5.74) is 1.59. The first kappa shape index (κ1) is 11.6. The molecule has 0 radical (unpaired) electrons. The van der Waals surface area contributed by atoms with Crippen molar-refractivity contribution >= 4 is 5.78 Å². The van der Waals surface area contributed by atoms with Crippen molar-refractivity contribution in [1.82, 2.24) is 4.98 Å². The molecule has 17 heavy (non-hydrogen) atoms. The molecular weight excluding hydrogens is 214 g/mol. The van der Waals surface area contributed by atoms with Crippen molar-refractivity contribution in [3.63, 3.8) is 0 Å². The summed E-state index contributed by atoms with van der Waals surface area (Å²) in [5.74, 6) is -0.0235. The Morgan fingerprint density at radius 2 is 1.94 bits per heavy atom. The highest BCUT2D eigenvalue weighted by Crippen LogP contribution is 2.09. The van der Waals surface area contributed by atoms with E-state index in [1.54, 1.807) is 18.3 Å². The Morgan fingerprint density at radius 1 is 1.18 bits per heavy atom. The maximum atomic E-state index is 11.8. The van der Waals surface area contributed by atoms with E-state index in [1.807, 2.05) is 30.3 Å². The van der Waals surface area contributed by atoms with Crippen LogP contribution in [0, 0.1) is 0 Å². The summed E-state index contributed by atoms with van der Waals surface area (Å²) in [7, 11) is 0. The fraction of sp³-hybridized carbons (Fsp3) is 0.214. The predicted molar refractivity (Wildman–Crippen MR) is 65.9 cm³/mol. The molecule has 0 aliphatic rings. The molecule has 0 saturated heterocycles. The van der Waals surface area contributed by atoms with Gasteiger partial charge in [-0.05, 0) is 12.1 Å². The van der Waals surface area contributed by atoms with E-state index < -0.39 is 6.10 Å². The molecule has 0 spiro atoms. The molecule has 0 fully saturated rings. The summed E-state index contributed by atoms with van der Waals surface area (Å²) < 4.78 is 0. The van der Waals surface area contributed by atoms with Gasteiger partial charge in [0.2, 0.25) is 0 Å². The number of hydrogen-bond acceptors (Lipinski definition) is 2. The maximum absolute atomic E-state index is 11.8. The van der Waals surface area contributed by atoms with Gasteiger partial charge in [0.15, 0.2) is 5.78 Å². The summed E-state index contributed by atoms with van der Waals surface area (Å²) in [4.78, 5) is 14.8. The quantitative estimate of drug-likeness (QED) is 0.772. The van der Waals surface area contributed by atoms with Crippen LogP contribution in [0.2, 0.25) is 0 Å². The highest BCUT2D eigenvalue weighted by atomic mass is 16.3. The zero-order chi connectivity index (χ0) is 12.1. The number of nitrogens with one attached hydrogen (secondary N) is 1. The average Bonchev–Trinajstić information content (AvgIpc) is 2.82. The highest BCUT2D eigenvalue weighted by molar-refractivity contribution is 5.96. The second kappa shape index (κ2) is 5.46. The highest BCUT2D eigenvalue weighted by Gasteiger charge is 2.13. The van der Waals surface area contributed by atoms with Gasteiger partial charge in [0.1, 0.15) is 0 Å². The van der Waals surface area contributed by atoms with Gasteiger partial charge in [-0.3, -0.25) is 4.79 Å². The molecule has 1 aromatic carbocycles. The van der Waals surface area contributed by atoms with Crippen LogP contribution in [-0.4, -0.2) is 22.0 Å². The van der Waals surface area contributed by atoms with Crippen molar-refractivity contribution < 1.29 is 9.90 Å². The molecule has 88 valence electrons. The Bertz CT molecular complexity index is 462. The van der Waals surface area contributed by atoms with E-state index in [0.717, 1.165) is 5.69 Å². The number of aliphatic hydroxyl groups is 1. The summed E-state index contributed by atoms with van der Waals surface area (Å²) in [5, 5.41) is 9.81. The van der Waals surface area contributed by atoms with E-state index in [2.05, 4.69) is 4.98 Å². The number of rotatable bonds is 5. The van der Waals surface area contributed by atoms with E-state index >= 15 is 0 Å². The molecule has 3 nitrogen and oxygen atoms in total. The van der Waals surface area contributed by atoms with Crippen LogP contribution in [0.1, 0.15) is 22.5 Å². The Labute approximate surface area is 100 Å². The van der Waals surface area contributed by atoms with E-state index in [-0.39, 0.29) is 12.2 Å². The second-order valence-electron chi connectivity index (χ2n) is 4.05. The molecule has 1 heterocycles. The summed E-state index contributed by atoms with van der Waals surface area (Å²) in [6.45, 7) is 0. The molecule has 0 aliphatic carbocycles.